The first-order valence-electron chi connectivity index (χ1n) is 6.11. The summed E-state index contributed by atoms with van der Waals surface area (Å²) >= 11 is 2.04. The van der Waals surface area contributed by atoms with E-state index >= 15 is 0 Å². The van der Waals surface area contributed by atoms with Crippen LogP contribution in [0.15, 0.2) is 24.3 Å². The molecule has 0 aliphatic heterocycles. The molecule has 0 aromatic heterocycles. The molecule has 0 aromatic rings. The average molecular weight is 257 g/mol. The van der Waals surface area contributed by atoms with Crippen molar-refractivity contribution in [3.05, 3.63) is 24.3 Å². The molecular weight excluding hydrogens is 228 g/mol. The Hall–Kier alpha value is 0.0469. The summed E-state index contributed by atoms with van der Waals surface area (Å²) in [5.41, 5.74) is 1.43. The van der Waals surface area contributed by atoms with Crippen LogP contribution in [0, 0.1) is 5.92 Å². The lowest BCUT2D eigenvalue weighted by Crippen LogP contribution is -2.40. The molecule has 0 aromatic carbocycles. The van der Waals surface area contributed by atoms with Crippen LogP contribution in [0.25, 0.3) is 0 Å². The van der Waals surface area contributed by atoms with Gasteiger partial charge in [-0.05, 0) is 38.9 Å². The van der Waals surface area contributed by atoms with Crippen LogP contribution in [-0.2, 0) is 0 Å². The predicted molar refractivity (Wildman–Crippen MR) is 83.0 cm³/mol. The first-order valence-corrected chi connectivity index (χ1v) is 11.0. The van der Waals surface area contributed by atoms with Crippen molar-refractivity contribution in [1.82, 2.24) is 0 Å². The SMILES string of the molecule is C=CC(CCC=C(C)C)[C@H](SC)[Si](C)(C)C. The molecule has 2 heteroatoms. The number of hydrogen-bond donors (Lipinski definition) is 0. The Labute approximate surface area is 108 Å². The second kappa shape index (κ2) is 7.39. The Morgan fingerprint density at radius 2 is 1.88 bits per heavy atom. The van der Waals surface area contributed by atoms with Gasteiger partial charge in [-0.3, -0.25) is 0 Å². The topological polar surface area (TPSA) is 0 Å². The van der Waals surface area contributed by atoms with E-state index in [1.165, 1.54) is 18.4 Å². The molecule has 1 unspecified atom stereocenters. The summed E-state index contributed by atoms with van der Waals surface area (Å²) in [6.07, 6.45) is 9.22. The van der Waals surface area contributed by atoms with Crippen molar-refractivity contribution in [1.29, 1.82) is 0 Å². The fraction of sp³-hybridized carbons (Fsp3) is 0.714. The van der Waals surface area contributed by atoms with Crippen LogP contribution in [-0.4, -0.2) is 19.2 Å². The molecule has 0 fully saturated rings. The smallest absolute Gasteiger partial charge is 0.0594 e. The van der Waals surface area contributed by atoms with Gasteiger partial charge in [0.25, 0.3) is 0 Å². The molecule has 0 aliphatic rings. The van der Waals surface area contributed by atoms with Gasteiger partial charge in [0.1, 0.15) is 0 Å². The Balaban J connectivity index is 4.46. The minimum atomic E-state index is -1.08. The van der Waals surface area contributed by atoms with Crippen molar-refractivity contribution in [2.24, 2.45) is 5.92 Å². The largest absolute Gasteiger partial charge is 0.165 e. The van der Waals surface area contributed by atoms with Gasteiger partial charge in [0.05, 0.1) is 8.07 Å². The number of hydrogen-bond acceptors (Lipinski definition) is 1. The van der Waals surface area contributed by atoms with E-state index in [-0.39, 0.29) is 0 Å². The van der Waals surface area contributed by atoms with E-state index in [4.69, 9.17) is 0 Å². The van der Waals surface area contributed by atoms with Gasteiger partial charge in [-0.25, -0.2) is 0 Å². The van der Waals surface area contributed by atoms with Crippen molar-refractivity contribution >= 4 is 19.8 Å². The molecule has 0 radical (unpaired) electrons. The van der Waals surface area contributed by atoms with Crippen LogP contribution in [0.4, 0.5) is 0 Å². The maximum atomic E-state index is 4.03. The number of allylic oxidation sites excluding steroid dienone is 3. The van der Waals surface area contributed by atoms with Crippen molar-refractivity contribution < 1.29 is 0 Å². The molecule has 94 valence electrons. The number of thioether (sulfide) groups is 1. The summed E-state index contributed by atoms with van der Waals surface area (Å²) in [5.74, 6) is 0.678. The zero-order valence-electron chi connectivity index (χ0n) is 11.8. The van der Waals surface area contributed by atoms with Crippen molar-refractivity contribution in [3.63, 3.8) is 0 Å². The van der Waals surface area contributed by atoms with E-state index in [9.17, 15) is 0 Å². The first-order chi connectivity index (χ1) is 7.32. The van der Waals surface area contributed by atoms with Gasteiger partial charge in [-0.2, -0.15) is 11.8 Å². The maximum Gasteiger partial charge on any atom is 0.0594 e. The van der Waals surface area contributed by atoms with Crippen LogP contribution < -0.4 is 0 Å². The molecule has 0 amide bonds. The predicted octanol–water partition coefficient (Wildman–Crippen LogP) is 5.14. The van der Waals surface area contributed by atoms with E-state index < -0.39 is 8.07 Å². The maximum absolute atomic E-state index is 4.03. The zero-order valence-corrected chi connectivity index (χ0v) is 13.7. The fourth-order valence-electron chi connectivity index (χ4n) is 2.13. The molecule has 0 rings (SSSR count). The van der Waals surface area contributed by atoms with E-state index in [1.54, 1.807) is 0 Å². The molecule has 0 spiro atoms. The molecule has 0 nitrogen and oxygen atoms in total. The normalized spacial score (nSPS) is 15.4. The molecule has 0 aliphatic carbocycles. The summed E-state index contributed by atoms with van der Waals surface area (Å²) in [5, 5.41) is 0. The third kappa shape index (κ3) is 5.95. The fourth-order valence-corrected chi connectivity index (χ4v) is 7.14. The first kappa shape index (κ1) is 16.0. The Morgan fingerprint density at radius 3 is 2.19 bits per heavy atom. The highest BCUT2D eigenvalue weighted by Crippen LogP contribution is 2.31. The Kier molecular flexibility index (Phi) is 7.41. The van der Waals surface area contributed by atoms with Gasteiger partial charge < -0.3 is 0 Å². The second-order valence-electron chi connectivity index (χ2n) is 5.78. The molecule has 16 heavy (non-hydrogen) atoms. The van der Waals surface area contributed by atoms with Gasteiger partial charge >= 0.3 is 0 Å². The lowest BCUT2D eigenvalue weighted by atomic mass is 10.0. The van der Waals surface area contributed by atoms with E-state index in [0.29, 0.717) is 5.92 Å². The molecule has 0 saturated carbocycles. The van der Waals surface area contributed by atoms with Gasteiger partial charge in [-0.1, -0.05) is 37.4 Å². The van der Waals surface area contributed by atoms with Crippen molar-refractivity contribution in [2.75, 3.05) is 6.26 Å². The molecule has 2 atom stereocenters. The van der Waals surface area contributed by atoms with Gasteiger partial charge in [0, 0.05) is 4.87 Å². The summed E-state index contributed by atoms with van der Waals surface area (Å²) in [7, 11) is -1.08. The lowest BCUT2D eigenvalue weighted by Gasteiger charge is -2.33. The minimum absolute atomic E-state index is 0.678. The van der Waals surface area contributed by atoms with Crippen LogP contribution in [0.1, 0.15) is 26.7 Å². The number of rotatable bonds is 7. The van der Waals surface area contributed by atoms with E-state index in [0.717, 1.165) is 4.87 Å². The standard InChI is InChI=1S/C14H28SSi/c1-8-13(11-9-10-12(2)3)14(15-4)16(5,6)7/h8,10,13-14H,1,9,11H2,2-7H3/t13?,14-/m1/s1. The van der Waals surface area contributed by atoms with E-state index in [2.05, 4.69) is 58.5 Å². The molecule has 0 bridgehead atoms. The van der Waals surface area contributed by atoms with Gasteiger partial charge in [0.15, 0.2) is 0 Å². The summed E-state index contributed by atoms with van der Waals surface area (Å²) in [6, 6.07) is 0. The van der Waals surface area contributed by atoms with Crippen LogP contribution in [0.2, 0.25) is 19.6 Å². The minimum Gasteiger partial charge on any atom is -0.165 e. The van der Waals surface area contributed by atoms with Crippen LogP contribution >= 0.6 is 11.8 Å². The van der Waals surface area contributed by atoms with Gasteiger partial charge in [0.2, 0.25) is 0 Å². The van der Waals surface area contributed by atoms with Crippen LogP contribution in [0.3, 0.4) is 0 Å². The molecule has 0 N–H and O–H groups in total. The highest BCUT2D eigenvalue weighted by molar-refractivity contribution is 8.01. The summed E-state index contributed by atoms with van der Waals surface area (Å²) in [6.45, 7) is 15.8. The third-order valence-electron chi connectivity index (χ3n) is 2.85. The second-order valence-corrected chi connectivity index (χ2v) is 12.5. The third-order valence-corrected chi connectivity index (χ3v) is 8.67. The molecule has 0 heterocycles. The van der Waals surface area contributed by atoms with Crippen LogP contribution in [0.5, 0.6) is 0 Å². The highest BCUT2D eigenvalue weighted by atomic mass is 32.2. The summed E-state index contributed by atoms with van der Waals surface area (Å²) < 4.78 is 0. The van der Waals surface area contributed by atoms with Gasteiger partial charge in [-0.15, -0.1) is 6.58 Å². The lowest BCUT2D eigenvalue weighted by molar-refractivity contribution is 0.633. The molecular formula is C14H28SSi. The summed E-state index contributed by atoms with van der Waals surface area (Å²) in [4.78, 5) is 0.801. The van der Waals surface area contributed by atoms with Crippen molar-refractivity contribution in [2.45, 2.75) is 51.2 Å². The monoisotopic (exact) mass is 256 g/mol. The highest BCUT2D eigenvalue weighted by Gasteiger charge is 2.30. The zero-order chi connectivity index (χ0) is 12.8. The molecule has 0 saturated heterocycles. The quantitative estimate of drug-likeness (QED) is 0.449. The van der Waals surface area contributed by atoms with Crippen molar-refractivity contribution in [3.8, 4) is 0 Å². The Bertz CT molecular complexity index is 234. The Morgan fingerprint density at radius 1 is 1.31 bits per heavy atom. The van der Waals surface area contributed by atoms with E-state index in [1.807, 2.05) is 11.8 Å². The average Bonchev–Trinajstić information content (AvgIpc) is 2.13.